The van der Waals surface area contributed by atoms with Crippen molar-refractivity contribution in [3.8, 4) is 5.75 Å². The molecular formula is C14H20N2O3. The van der Waals surface area contributed by atoms with Crippen LogP contribution in [-0.2, 0) is 4.79 Å². The van der Waals surface area contributed by atoms with Gasteiger partial charge in [0.25, 0.3) is 0 Å². The molecule has 0 amide bonds. The Labute approximate surface area is 113 Å². The molecular weight excluding hydrogens is 244 g/mol. The van der Waals surface area contributed by atoms with Crippen LogP contribution in [0.25, 0.3) is 0 Å². The fraction of sp³-hybridized carbons (Fsp3) is 0.500. The zero-order valence-corrected chi connectivity index (χ0v) is 11.3. The predicted octanol–water partition coefficient (Wildman–Crippen LogP) is 1.47. The second kappa shape index (κ2) is 5.09. The molecule has 0 saturated carbocycles. The Hall–Kier alpha value is -1.75. The van der Waals surface area contributed by atoms with E-state index in [1.54, 1.807) is 0 Å². The summed E-state index contributed by atoms with van der Waals surface area (Å²) in [4.78, 5) is 13.2. The average Bonchev–Trinajstić information content (AvgIpc) is 2.73. The van der Waals surface area contributed by atoms with Crippen LogP contribution in [0, 0.1) is 0 Å². The van der Waals surface area contributed by atoms with Crippen LogP contribution in [0.4, 0.5) is 5.69 Å². The van der Waals surface area contributed by atoms with Crippen LogP contribution in [0.1, 0.15) is 20.3 Å². The number of nitrogens with two attached hydrogens (primary N) is 1. The molecule has 1 aliphatic rings. The molecule has 104 valence electrons. The number of rotatable bonds is 4. The number of carboxylic acids is 1. The van der Waals surface area contributed by atoms with E-state index >= 15 is 0 Å². The van der Waals surface area contributed by atoms with Crippen LogP contribution >= 0.6 is 0 Å². The number of hydrogen-bond acceptors (Lipinski definition) is 4. The molecule has 1 saturated heterocycles. The van der Waals surface area contributed by atoms with Crippen molar-refractivity contribution in [1.82, 2.24) is 0 Å². The number of hydrogen-bond donors (Lipinski definition) is 2. The first-order valence-corrected chi connectivity index (χ1v) is 6.45. The highest BCUT2D eigenvalue weighted by molar-refractivity contribution is 5.81. The summed E-state index contributed by atoms with van der Waals surface area (Å²) in [6, 6.07) is 7.65. The molecule has 2 rings (SSSR count). The Kier molecular flexibility index (Phi) is 3.66. The summed E-state index contributed by atoms with van der Waals surface area (Å²) >= 11 is 0. The van der Waals surface area contributed by atoms with Gasteiger partial charge in [-0.1, -0.05) is 12.1 Å². The fourth-order valence-electron chi connectivity index (χ4n) is 2.29. The molecule has 0 aromatic heterocycles. The maximum atomic E-state index is 11.2. The first kappa shape index (κ1) is 13.7. The zero-order chi connectivity index (χ0) is 14.0. The van der Waals surface area contributed by atoms with Gasteiger partial charge in [0.1, 0.15) is 11.3 Å². The highest BCUT2D eigenvalue weighted by Gasteiger charge is 2.41. The van der Waals surface area contributed by atoms with Gasteiger partial charge in [-0.2, -0.15) is 0 Å². The molecule has 1 aliphatic heterocycles. The fourth-order valence-corrected chi connectivity index (χ4v) is 2.29. The lowest BCUT2D eigenvalue weighted by molar-refractivity contribution is -0.142. The average molecular weight is 264 g/mol. The summed E-state index contributed by atoms with van der Waals surface area (Å²) < 4.78 is 5.76. The van der Waals surface area contributed by atoms with Crippen molar-refractivity contribution in [3.63, 3.8) is 0 Å². The van der Waals surface area contributed by atoms with E-state index in [1.165, 1.54) is 0 Å². The van der Waals surface area contributed by atoms with Gasteiger partial charge in [-0.25, -0.2) is 0 Å². The van der Waals surface area contributed by atoms with E-state index in [2.05, 4.69) is 0 Å². The van der Waals surface area contributed by atoms with Gasteiger partial charge in [-0.3, -0.25) is 4.79 Å². The molecule has 3 N–H and O–H groups in total. The van der Waals surface area contributed by atoms with Crippen molar-refractivity contribution < 1.29 is 14.6 Å². The maximum Gasteiger partial charge on any atom is 0.325 e. The Balaban J connectivity index is 2.22. The highest BCUT2D eigenvalue weighted by Crippen LogP contribution is 2.33. The summed E-state index contributed by atoms with van der Waals surface area (Å²) in [7, 11) is 0. The molecule has 1 atom stereocenters. The van der Waals surface area contributed by atoms with E-state index in [1.807, 2.05) is 43.0 Å². The monoisotopic (exact) mass is 264 g/mol. The Bertz CT molecular complexity index is 476. The standard InChI is InChI=1S/C14H20N2O3/c1-10(2)19-12-6-4-3-5-11(12)16-8-7-14(15,9-16)13(17)18/h3-6,10H,7-9,15H2,1-2H3,(H,17,18). The van der Waals surface area contributed by atoms with Crippen LogP contribution in [0.15, 0.2) is 24.3 Å². The van der Waals surface area contributed by atoms with Crippen LogP contribution in [0.5, 0.6) is 5.75 Å². The summed E-state index contributed by atoms with van der Waals surface area (Å²) in [6.07, 6.45) is 0.518. The molecule has 19 heavy (non-hydrogen) atoms. The number of nitrogens with zero attached hydrogens (tertiary/aromatic N) is 1. The zero-order valence-electron chi connectivity index (χ0n) is 11.3. The minimum Gasteiger partial charge on any atom is -0.489 e. The second-order valence-electron chi connectivity index (χ2n) is 5.27. The number of anilines is 1. The van der Waals surface area contributed by atoms with Crippen molar-refractivity contribution in [2.24, 2.45) is 5.73 Å². The molecule has 0 bridgehead atoms. The van der Waals surface area contributed by atoms with Crippen molar-refractivity contribution in [1.29, 1.82) is 0 Å². The van der Waals surface area contributed by atoms with Crippen LogP contribution in [0.2, 0.25) is 0 Å². The minimum atomic E-state index is -1.16. The van der Waals surface area contributed by atoms with Gasteiger partial charge in [0.2, 0.25) is 0 Å². The van der Waals surface area contributed by atoms with Gasteiger partial charge in [-0.05, 0) is 32.4 Å². The van der Waals surface area contributed by atoms with Crippen molar-refractivity contribution >= 4 is 11.7 Å². The molecule has 5 nitrogen and oxygen atoms in total. The van der Waals surface area contributed by atoms with Gasteiger partial charge in [0.05, 0.1) is 11.8 Å². The Morgan fingerprint density at radius 1 is 1.47 bits per heavy atom. The Morgan fingerprint density at radius 3 is 2.74 bits per heavy atom. The van der Waals surface area contributed by atoms with Crippen LogP contribution in [0.3, 0.4) is 0 Å². The quantitative estimate of drug-likeness (QED) is 0.861. The maximum absolute atomic E-state index is 11.2. The van der Waals surface area contributed by atoms with E-state index < -0.39 is 11.5 Å². The van der Waals surface area contributed by atoms with Crippen molar-refractivity contribution in [3.05, 3.63) is 24.3 Å². The van der Waals surface area contributed by atoms with Crippen LogP contribution in [-0.4, -0.2) is 35.8 Å². The molecule has 1 aromatic rings. The summed E-state index contributed by atoms with van der Waals surface area (Å²) in [5.41, 5.74) is 5.64. The van der Waals surface area contributed by atoms with Gasteiger partial charge in [0, 0.05) is 13.1 Å². The third kappa shape index (κ3) is 2.81. The molecule has 1 fully saturated rings. The molecule has 0 aliphatic carbocycles. The van der Waals surface area contributed by atoms with Crippen LogP contribution < -0.4 is 15.4 Å². The summed E-state index contributed by atoms with van der Waals surface area (Å²) in [5, 5.41) is 9.17. The van der Waals surface area contributed by atoms with Gasteiger partial charge < -0.3 is 20.5 Å². The number of aliphatic carboxylic acids is 1. The molecule has 5 heteroatoms. The molecule has 0 spiro atoms. The third-order valence-corrected chi connectivity index (χ3v) is 3.30. The van der Waals surface area contributed by atoms with E-state index in [9.17, 15) is 4.79 Å². The number of ether oxygens (including phenoxy) is 1. The second-order valence-corrected chi connectivity index (χ2v) is 5.27. The SMILES string of the molecule is CC(C)Oc1ccccc1N1CCC(N)(C(=O)O)C1. The number of carboxylic acid groups (broad SMARTS) is 1. The highest BCUT2D eigenvalue weighted by atomic mass is 16.5. The summed E-state index contributed by atoms with van der Waals surface area (Å²) in [6.45, 7) is 4.86. The number of para-hydroxylation sites is 2. The van der Waals surface area contributed by atoms with E-state index in [0.29, 0.717) is 19.5 Å². The van der Waals surface area contributed by atoms with Gasteiger partial charge in [-0.15, -0.1) is 0 Å². The van der Waals surface area contributed by atoms with Crippen molar-refractivity contribution in [2.75, 3.05) is 18.0 Å². The third-order valence-electron chi connectivity index (χ3n) is 3.30. The van der Waals surface area contributed by atoms with Crippen molar-refractivity contribution in [2.45, 2.75) is 31.9 Å². The van der Waals surface area contributed by atoms with E-state index in [-0.39, 0.29) is 6.10 Å². The molecule has 1 heterocycles. The lowest BCUT2D eigenvalue weighted by Gasteiger charge is -2.24. The lowest BCUT2D eigenvalue weighted by Crippen LogP contribution is -2.50. The normalized spacial score (nSPS) is 22.8. The first-order chi connectivity index (χ1) is 8.92. The minimum absolute atomic E-state index is 0.0749. The molecule has 1 aromatic carbocycles. The lowest BCUT2D eigenvalue weighted by atomic mass is 10.0. The topological polar surface area (TPSA) is 75.8 Å². The summed E-state index contributed by atoms with van der Waals surface area (Å²) in [5.74, 6) is -0.176. The Morgan fingerprint density at radius 2 is 2.16 bits per heavy atom. The molecule has 1 unspecified atom stereocenters. The number of carbonyl (C=O) groups is 1. The predicted molar refractivity (Wildman–Crippen MR) is 73.6 cm³/mol. The largest absolute Gasteiger partial charge is 0.489 e. The van der Waals surface area contributed by atoms with Gasteiger partial charge >= 0.3 is 5.97 Å². The number of benzene rings is 1. The smallest absolute Gasteiger partial charge is 0.325 e. The first-order valence-electron chi connectivity index (χ1n) is 6.45. The van der Waals surface area contributed by atoms with Gasteiger partial charge in [0.15, 0.2) is 0 Å². The van der Waals surface area contributed by atoms with E-state index in [4.69, 9.17) is 15.6 Å². The van der Waals surface area contributed by atoms with E-state index in [0.717, 1.165) is 11.4 Å². The molecule has 0 radical (unpaired) electrons.